The molecule has 20 heavy (non-hydrogen) atoms. The van der Waals surface area contributed by atoms with E-state index in [9.17, 15) is 4.39 Å². The van der Waals surface area contributed by atoms with Crippen LogP contribution >= 0.6 is 15.9 Å². The predicted octanol–water partition coefficient (Wildman–Crippen LogP) is 3.46. The summed E-state index contributed by atoms with van der Waals surface area (Å²) in [5.74, 6) is -0.307. The monoisotopic (exact) mass is 339 g/mol. The average Bonchev–Trinajstić information content (AvgIpc) is 2.68. The zero-order chi connectivity index (χ0) is 14.5. The lowest BCUT2D eigenvalue weighted by atomic mass is 10.1. The lowest BCUT2D eigenvalue weighted by Gasteiger charge is -2.30. The molecule has 0 saturated heterocycles. The molecule has 1 aliphatic rings. The molecule has 0 spiro atoms. The van der Waals surface area contributed by atoms with Crippen molar-refractivity contribution in [2.45, 2.75) is 39.5 Å². The molecular weight excluding hydrogens is 325 g/mol. The van der Waals surface area contributed by atoms with Crippen molar-refractivity contribution in [2.75, 3.05) is 0 Å². The number of ether oxygens (including phenoxy) is 1. The quantitative estimate of drug-likeness (QED) is 0.798. The third-order valence-electron chi connectivity index (χ3n) is 3.39. The Bertz CT molecular complexity index is 681. The highest BCUT2D eigenvalue weighted by atomic mass is 79.9. The number of fused-ring (bicyclic) bond motifs is 1. The first-order valence-electron chi connectivity index (χ1n) is 6.40. The number of aryl methyl sites for hydroxylation is 1. The van der Waals surface area contributed by atoms with Gasteiger partial charge in [-0.25, -0.2) is 9.37 Å². The topological polar surface area (TPSA) is 39.9 Å². The zero-order valence-corrected chi connectivity index (χ0v) is 13.2. The Morgan fingerprint density at radius 3 is 2.85 bits per heavy atom. The van der Waals surface area contributed by atoms with Gasteiger partial charge in [0.1, 0.15) is 11.5 Å². The summed E-state index contributed by atoms with van der Waals surface area (Å²) < 4.78 is 21.9. The number of hydrogen-bond acceptors (Lipinski definition) is 3. The maximum atomic E-state index is 13.3. The fourth-order valence-electron chi connectivity index (χ4n) is 2.25. The molecule has 0 atom stereocenters. The highest BCUT2D eigenvalue weighted by Crippen LogP contribution is 2.34. The van der Waals surface area contributed by atoms with Crippen LogP contribution in [0, 0.1) is 12.7 Å². The van der Waals surface area contributed by atoms with Crippen LogP contribution in [0.4, 0.5) is 4.39 Å². The minimum Gasteiger partial charge on any atom is -0.367 e. The van der Waals surface area contributed by atoms with Crippen LogP contribution in [0.15, 0.2) is 16.6 Å². The van der Waals surface area contributed by atoms with Gasteiger partial charge in [-0.1, -0.05) is 0 Å². The Morgan fingerprint density at radius 1 is 1.40 bits per heavy atom. The van der Waals surface area contributed by atoms with Crippen molar-refractivity contribution in [1.29, 1.82) is 0 Å². The van der Waals surface area contributed by atoms with Gasteiger partial charge in [0.05, 0.1) is 40.3 Å². The SMILES string of the molecule is Cc1nc(-c2nn3c(c2Br)COC(C)(C)C3)ccc1F. The van der Waals surface area contributed by atoms with Crippen molar-refractivity contribution in [3.63, 3.8) is 0 Å². The van der Waals surface area contributed by atoms with Gasteiger partial charge < -0.3 is 4.74 Å². The summed E-state index contributed by atoms with van der Waals surface area (Å²) in [6.45, 7) is 6.90. The van der Waals surface area contributed by atoms with Gasteiger partial charge >= 0.3 is 0 Å². The van der Waals surface area contributed by atoms with Gasteiger partial charge in [0, 0.05) is 0 Å². The molecule has 106 valence electrons. The molecule has 0 unspecified atom stereocenters. The van der Waals surface area contributed by atoms with E-state index >= 15 is 0 Å². The van der Waals surface area contributed by atoms with Crippen molar-refractivity contribution >= 4 is 15.9 Å². The van der Waals surface area contributed by atoms with Crippen LogP contribution in [-0.2, 0) is 17.9 Å². The summed E-state index contributed by atoms with van der Waals surface area (Å²) in [6.07, 6.45) is 0. The molecule has 4 nitrogen and oxygen atoms in total. The summed E-state index contributed by atoms with van der Waals surface area (Å²) in [6, 6.07) is 3.07. The van der Waals surface area contributed by atoms with E-state index in [1.165, 1.54) is 6.07 Å². The lowest BCUT2D eigenvalue weighted by molar-refractivity contribution is -0.0663. The van der Waals surface area contributed by atoms with Crippen LogP contribution in [0.2, 0.25) is 0 Å². The van der Waals surface area contributed by atoms with Crippen LogP contribution in [0.3, 0.4) is 0 Å². The van der Waals surface area contributed by atoms with Crippen LogP contribution in [0.25, 0.3) is 11.4 Å². The number of aromatic nitrogens is 3. The van der Waals surface area contributed by atoms with Crippen LogP contribution < -0.4 is 0 Å². The largest absolute Gasteiger partial charge is 0.367 e. The van der Waals surface area contributed by atoms with E-state index in [0.717, 1.165) is 15.9 Å². The van der Waals surface area contributed by atoms with Crippen molar-refractivity contribution in [3.05, 3.63) is 33.8 Å². The minimum absolute atomic E-state index is 0.234. The second kappa shape index (κ2) is 4.63. The number of hydrogen-bond donors (Lipinski definition) is 0. The lowest BCUT2D eigenvalue weighted by Crippen LogP contribution is -2.36. The molecule has 6 heteroatoms. The molecule has 0 aliphatic carbocycles. The van der Waals surface area contributed by atoms with Crippen molar-refractivity contribution in [2.24, 2.45) is 0 Å². The summed E-state index contributed by atoms with van der Waals surface area (Å²) in [4.78, 5) is 4.26. The maximum Gasteiger partial charge on any atom is 0.144 e. The van der Waals surface area contributed by atoms with Crippen molar-refractivity contribution < 1.29 is 9.13 Å². The summed E-state index contributed by atoms with van der Waals surface area (Å²) >= 11 is 3.56. The molecule has 0 bridgehead atoms. The average molecular weight is 340 g/mol. The van der Waals surface area contributed by atoms with Gasteiger partial charge in [0.25, 0.3) is 0 Å². The first-order valence-corrected chi connectivity index (χ1v) is 7.19. The molecule has 0 amide bonds. The highest BCUT2D eigenvalue weighted by molar-refractivity contribution is 9.10. The van der Waals surface area contributed by atoms with Gasteiger partial charge in [-0.3, -0.25) is 4.68 Å². The van der Waals surface area contributed by atoms with E-state index in [4.69, 9.17) is 4.74 Å². The van der Waals surface area contributed by atoms with E-state index in [0.29, 0.717) is 24.5 Å². The van der Waals surface area contributed by atoms with Gasteiger partial charge in [0.15, 0.2) is 0 Å². The summed E-state index contributed by atoms with van der Waals surface area (Å²) in [5, 5.41) is 4.59. The normalized spacial score (nSPS) is 17.1. The fraction of sp³-hybridized carbons (Fsp3) is 0.429. The molecule has 0 N–H and O–H groups in total. The first kappa shape index (κ1) is 13.7. The Labute approximate surface area is 125 Å². The molecule has 2 aromatic rings. The number of pyridine rings is 1. The molecule has 0 aromatic carbocycles. The van der Waals surface area contributed by atoms with E-state index in [2.05, 4.69) is 26.0 Å². The van der Waals surface area contributed by atoms with Crippen LogP contribution in [0.5, 0.6) is 0 Å². The van der Waals surface area contributed by atoms with E-state index in [1.807, 2.05) is 18.5 Å². The summed E-state index contributed by atoms with van der Waals surface area (Å²) in [7, 11) is 0. The fourth-order valence-corrected chi connectivity index (χ4v) is 2.85. The highest BCUT2D eigenvalue weighted by Gasteiger charge is 2.30. The molecule has 2 aromatic heterocycles. The minimum atomic E-state index is -0.307. The van der Waals surface area contributed by atoms with Gasteiger partial charge in [-0.2, -0.15) is 5.10 Å². The third-order valence-corrected chi connectivity index (χ3v) is 4.22. The zero-order valence-electron chi connectivity index (χ0n) is 11.6. The predicted molar refractivity (Wildman–Crippen MR) is 76.7 cm³/mol. The summed E-state index contributed by atoms with van der Waals surface area (Å²) in [5.41, 5.74) is 2.52. The van der Waals surface area contributed by atoms with E-state index in [-0.39, 0.29) is 11.4 Å². The molecule has 0 fully saturated rings. The Hall–Kier alpha value is -1.27. The number of nitrogens with zero attached hydrogens (tertiary/aromatic N) is 3. The molecule has 1 aliphatic heterocycles. The van der Waals surface area contributed by atoms with Crippen LogP contribution in [0.1, 0.15) is 25.2 Å². The first-order chi connectivity index (χ1) is 9.37. The molecule has 3 heterocycles. The Kier molecular flexibility index (Phi) is 3.17. The Balaban J connectivity index is 2.08. The third kappa shape index (κ3) is 2.27. The standard InChI is InChI=1S/C14H15BrFN3O/c1-8-9(16)4-5-10(17-8)13-12(15)11-6-20-14(2,3)7-19(11)18-13/h4-5H,6-7H2,1-3H3. The van der Waals surface area contributed by atoms with Crippen molar-refractivity contribution in [3.8, 4) is 11.4 Å². The molecule has 3 rings (SSSR count). The Morgan fingerprint density at radius 2 is 2.15 bits per heavy atom. The maximum absolute atomic E-state index is 13.3. The van der Waals surface area contributed by atoms with Crippen LogP contribution in [-0.4, -0.2) is 20.4 Å². The van der Waals surface area contributed by atoms with Crippen molar-refractivity contribution in [1.82, 2.24) is 14.8 Å². The molecule has 0 radical (unpaired) electrons. The number of rotatable bonds is 1. The van der Waals surface area contributed by atoms with Gasteiger partial charge in [-0.15, -0.1) is 0 Å². The van der Waals surface area contributed by atoms with Gasteiger partial charge in [-0.05, 0) is 48.8 Å². The second-order valence-electron chi connectivity index (χ2n) is 5.58. The molecule has 0 saturated carbocycles. The second-order valence-corrected chi connectivity index (χ2v) is 6.37. The van der Waals surface area contributed by atoms with Gasteiger partial charge in [0.2, 0.25) is 0 Å². The number of halogens is 2. The smallest absolute Gasteiger partial charge is 0.144 e. The van der Waals surface area contributed by atoms with E-state index < -0.39 is 0 Å². The molecular formula is C14H15BrFN3O. The van der Waals surface area contributed by atoms with E-state index in [1.54, 1.807) is 13.0 Å².